The van der Waals surface area contributed by atoms with E-state index in [0.29, 0.717) is 25.0 Å². The fourth-order valence-corrected chi connectivity index (χ4v) is 7.11. The van der Waals surface area contributed by atoms with Gasteiger partial charge in [-0.2, -0.15) is 5.10 Å². The molecule has 2 amide bonds. The normalized spacial score (nSPS) is 18.4. The molecule has 0 radical (unpaired) electrons. The molecule has 3 aromatic rings. The van der Waals surface area contributed by atoms with E-state index >= 15 is 0 Å². The molecule has 2 N–H and O–H groups in total. The quantitative estimate of drug-likeness (QED) is 0.246. The second kappa shape index (κ2) is 16.6. The first kappa shape index (κ1) is 34.2. The molecule has 0 spiro atoms. The second-order valence-corrected chi connectivity index (χ2v) is 13.4. The minimum Gasteiger partial charge on any atom is -0.346 e. The summed E-state index contributed by atoms with van der Waals surface area (Å²) >= 11 is 0. The summed E-state index contributed by atoms with van der Waals surface area (Å²) in [5.74, 6) is 0.0432. The van der Waals surface area contributed by atoms with Crippen LogP contribution in [0.1, 0.15) is 85.5 Å². The number of aromatic nitrogens is 2. The lowest BCUT2D eigenvalue weighted by atomic mass is 9.81. The van der Waals surface area contributed by atoms with Crippen LogP contribution in [0.5, 0.6) is 0 Å². The number of nitrogens with one attached hydrogen (secondary N) is 2. The van der Waals surface area contributed by atoms with Crippen molar-refractivity contribution in [2.45, 2.75) is 89.8 Å². The number of carbonyl (C=O) groups excluding carboxylic acids is 4. The van der Waals surface area contributed by atoms with Crippen molar-refractivity contribution in [3.05, 3.63) is 89.2 Å². The zero-order chi connectivity index (χ0) is 33.2. The van der Waals surface area contributed by atoms with Gasteiger partial charge in [0.1, 0.15) is 5.69 Å². The molecular weight excluding hydrogens is 590 g/mol. The summed E-state index contributed by atoms with van der Waals surface area (Å²) in [4.78, 5) is 55.1. The van der Waals surface area contributed by atoms with Crippen LogP contribution in [0.15, 0.2) is 66.9 Å². The largest absolute Gasteiger partial charge is 0.346 e. The van der Waals surface area contributed by atoms with Crippen LogP contribution in [0.2, 0.25) is 0 Å². The van der Waals surface area contributed by atoms with Gasteiger partial charge in [0.15, 0.2) is 11.6 Å². The van der Waals surface area contributed by atoms with Crippen LogP contribution in [0, 0.1) is 11.8 Å². The van der Waals surface area contributed by atoms with Crippen LogP contribution < -0.4 is 10.6 Å². The number of ketones is 2. The average molecular weight is 640 g/mol. The molecule has 1 aromatic heterocycles. The molecule has 1 aliphatic carbocycles. The number of hydrogen-bond donors (Lipinski definition) is 2. The number of amides is 2. The number of carbonyl (C=O) groups is 4. The van der Waals surface area contributed by atoms with Gasteiger partial charge in [0, 0.05) is 45.6 Å². The van der Waals surface area contributed by atoms with Gasteiger partial charge >= 0.3 is 0 Å². The van der Waals surface area contributed by atoms with Gasteiger partial charge in [-0.1, -0.05) is 80.8 Å². The highest BCUT2D eigenvalue weighted by Gasteiger charge is 2.32. The van der Waals surface area contributed by atoms with Gasteiger partial charge in [0.2, 0.25) is 5.91 Å². The molecular formula is C38H49N5O4. The van der Waals surface area contributed by atoms with Crippen molar-refractivity contribution in [3.8, 4) is 0 Å². The third-order valence-corrected chi connectivity index (χ3v) is 9.80. The molecule has 250 valence electrons. The Morgan fingerprint density at radius 3 is 2.26 bits per heavy atom. The fourth-order valence-electron chi connectivity index (χ4n) is 7.11. The van der Waals surface area contributed by atoms with Crippen molar-refractivity contribution in [1.29, 1.82) is 0 Å². The summed E-state index contributed by atoms with van der Waals surface area (Å²) in [5, 5.41) is 10.1. The van der Waals surface area contributed by atoms with E-state index in [4.69, 9.17) is 0 Å². The molecule has 2 aliphatic rings. The summed E-state index contributed by atoms with van der Waals surface area (Å²) in [6.07, 6.45) is 9.06. The Balaban J connectivity index is 1.19. The van der Waals surface area contributed by atoms with Gasteiger partial charge in [0.25, 0.3) is 5.91 Å². The number of benzene rings is 2. The summed E-state index contributed by atoms with van der Waals surface area (Å²) in [6.45, 7) is 4.52. The maximum absolute atomic E-state index is 13.7. The Hall–Kier alpha value is -4.11. The summed E-state index contributed by atoms with van der Waals surface area (Å²) < 4.78 is 1.52. The van der Waals surface area contributed by atoms with Crippen LogP contribution in [-0.4, -0.2) is 63.2 Å². The van der Waals surface area contributed by atoms with E-state index in [1.165, 1.54) is 10.2 Å². The number of likely N-dealkylation sites (tertiary alicyclic amines) is 1. The molecule has 9 heteroatoms. The zero-order valence-electron chi connectivity index (χ0n) is 27.8. The van der Waals surface area contributed by atoms with Crippen molar-refractivity contribution < 1.29 is 19.2 Å². The highest BCUT2D eigenvalue weighted by Crippen LogP contribution is 2.28. The predicted octanol–water partition coefficient (Wildman–Crippen LogP) is 4.83. The molecule has 1 saturated heterocycles. The number of Topliss-reactive ketones (excluding diaryl/α,β-unsaturated/α-hetero) is 2. The number of nitrogens with zero attached hydrogens (tertiary/aromatic N) is 3. The van der Waals surface area contributed by atoms with Gasteiger partial charge in [-0.3, -0.25) is 28.8 Å². The first-order valence-corrected chi connectivity index (χ1v) is 17.3. The minimum absolute atomic E-state index is 0.00121. The monoisotopic (exact) mass is 639 g/mol. The first-order valence-electron chi connectivity index (χ1n) is 17.3. The highest BCUT2D eigenvalue weighted by molar-refractivity contribution is 5.97. The SMILES string of the molecule is CCC(=O)N[C@H](Cc1ccc(CC(=O)[C@@H](NC(=O)c2ccnn2C)C2CCCCC2)cc1)C(=O)C[C@@H]1CCN(Cc2ccccc2)C1. The number of rotatable bonds is 15. The standard InChI is InChI=1S/C38H49N5O4/c1-3-36(46)40-32(34(44)24-30-19-21-43(26-30)25-29-10-6-4-7-11-29)22-27-14-16-28(17-15-27)23-35(45)37(31-12-8-5-9-13-31)41-38(47)33-18-20-39-42(33)2/h4,6-7,10-11,14-18,20,30-32,37H,3,5,8-9,12-13,19,21-26H2,1-2H3,(H,40,46)(H,41,47)/t30-,32+,37-/m0/s1. The first-order chi connectivity index (χ1) is 22.8. The van der Waals surface area contributed by atoms with Crippen molar-refractivity contribution >= 4 is 23.4 Å². The maximum Gasteiger partial charge on any atom is 0.270 e. The van der Waals surface area contributed by atoms with Crippen LogP contribution >= 0.6 is 0 Å². The number of hydrogen-bond acceptors (Lipinski definition) is 6. The Morgan fingerprint density at radius 2 is 1.57 bits per heavy atom. The van der Waals surface area contributed by atoms with Crippen molar-refractivity contribution in [3.63, 3.8) is 0 Å². The topological polar surface area (TPSA) is 113 Å². The summed E-state index contributed by atoms with van der Waals surface area (Å²) in [7, 11) is 1.72. The van der Waals surface area contributed by atoms with Crippen molar-refractivity contribution in [2.75, 3.05) is 13.1 Å². The molecule has 3 atom stereocenters. The average Bonchev–Trinajstić information content (AvgIpc) is 3.72. The van der Waals surface area contributed by atoms with Crippen molar-refractivity contribution in [1.82, 2.24) is 25.3 Å². The second-order valence-electron chi connectivity index (χ2n) is 13.4. The molecule has 2 fully saturated rings. The summed E-state index contributed by atoms with van der Waals surface area (Å²) in [6, 6.07) is 18.7. The lowest BCUT2D eigenvalue weighted by Gasteiger charge is -2.30. The van der Waals surface area contributed by atoms with Gasteiger partial charge in [-0.05, 0) is 66.8 Å². The van der Waals surface area contributed by atoms with Crippen LogP contribution in [0.4, 0.5) is 0 Å². The smallest absolute Gasteiger partial charge is 0.270 e. The van der Waals surface area contributed by atoms with E-state index in [1.807, 2.05) is 30.3 Å². The molecule has 1 saturated carbocycles. The van der Waals surface area contributed by atoms with Gasteiger partial charge in [0.05, 0.1) is 12.1 Å². The van der Waals surface area contributed by atoms with Crippen LogP contribution in [0.3, 0.4) is 0 Å². The Bertz CT molecular complexity index is 1500. The fraction of sp³-hybridized carbons (Fsp3) is 0.500. The van der Waals surface area contributed by atoms with E-state index in [0.717, 1.165) is 69.3 Å². The predicted molar refractivity (Wildman–Crippen MR) is 182 cm³/mol. The molecule has 0 unspecified atom stereocenters. The van der Waals surface area contributed by atoms with Gasteiger partial charge in [-0.25, -0.2) is 0 Å². The Kier molecular flexibility index (Phi) is 12.1. The molecule has 9 nitrogen and oxygen atoms in total. The molecule has 0 bridgehead atoms. The van der Waals surface area contributed by atoms with E-state index in [2.05, 4.69) is 44.9 Å². The Labute approximate surface area is 278 Å². The van der Waals surface area contributed by atoms with Crippen LogP contribution in [0.25, 0.3) is 0 Å². The highest BCUT2D eigenvalue weighted by atomic mass is 16.2. The third kappa shape index (κ3) is 9.70. The maximum atomic E-state index is 13.7. The number of aryl methyl sites for hydroxylation is 1. The molecule has 1 aliphatic heterocycles. The Morgan fingerprint density at radius 1 is 0.851 bits per heavy atom. The molecule has 47 heavy (non-hydrogen) atoms. The zero-order valence-corrected chi connectivity index (χ0v) is 27.8. The van der Waals surface area contributed by atoms with E-state index in [1.54, 1.807) is 26.2 Å². The molecule has 5 rings (SSSR count). The van der Waals surface area contributed by atoms with Gasteiger partial charge < -0.3 is 10.6 Å². The lowest BCUT2D eigenvalue weighted by Crippen LogP contribution is -2.47. The lowest BCUT2D eigenvalue weighted by molar-refractivity contribution is -0.128. The van der Waals surface area contributed by atoms with Gasteiger partial charge in [-0.15, -0.1) is 0 Å². The van der Waals surface area contributed by atoms with Crippen LogP contribution in [-0.2, 0) is 40.8 Å². The summed E-state index contributed by atoms with van der Waals surface area (Å²) in [5.41, 5.74) is 3.50. The molecule has 2 aromatic carbocycles. The van der Waals surface area contributed by atoms with E-state index < -0.39 is 12.1 Å². The third-order valence-electron chi connectivity index (χ3n) is 9.80. The van der Waals surface area contributed by atoms with E-state index in [9.17, 15) is 19.2 Å². The van der Waals surface area contributed by atoms with Crippen molar-refractivity contribution in [2.24, 2.45) is 18.9 Å². The molecule has 2 heterocycles. The minimum atomic E-state index is -0.587. The van der Waals surface area contributed by atoms with E-state index in [-0.39, 0.29) is 41.6 Å².